The Balaban J connectivity index is 2.08. The first kappa shape index (κ1) is 12.3. The predicted molar refractivity (Wildman–Crippen MR) is 66.9 cm³/mol. The number of hydrogen-bond donors (Lipinski definition) is 1. The van der Waals surface area contributed by atoms with Crippen LogP contribution in [0.1, 0.15) is 23.8 Å². The molecule has 2 heterocycles. The van der Waals surface area contributed by atoms with Gasteiger partial charge in [0.05, 0.1) is 5.02 Å². The topological polar surface area (TPSA) is 59.2 Å². The highest BCUT2D eigenvalue weighted by molar-refractivity contribution is 6.30. The van der Waals surface area contributed by atoms with Crippen molar-refractivity contribution in [3.05, 3.63) is 29.0 Å². The van der Waals surface area contributed by atoms with Gasteiger partial charge in [-0.05, 0) is 24.5 Å². The van der Waals surface area contributed by atoms with E-state index in [-0.39, 0.29) is 11.9 Å². The van der Waals surface area contributed by atoms with Gasteiger partial charge >= 0.3 is 0 Å². The normalized spacial score (nSPS) is 24.8. The number of carbonyl (C=O) groups excluding carboxylic acids is 1. The first-order chi connectivity index (χ1) is 8.08. The molecular weight excluding hydrogens is 238 g/mol. The van der Waals surface area contributed by atoms with Crippen molar-refractivity contribution in [1.29, 1.82) is 0 Å². The van der Waals surface area contributed by atoms with Crippen LogP contribution in [0.2, 0.25) is 5.02 Å². The molecule has 1 saturated heterocycles. The molecule has 5 heteroatoms. The second-order valence-corrected chi connectivity index (χ2v) is 4.98. The van der Waals surface area contributed by atoms with Gasteiger partial charge in [-0.1, -0.05) is 18.5 Å². The Labute approximate surface area is 106 Å². The number of nitrogens with two attached hydrogens (primary N) is 1. The van der Waals surface area contributed by atoms with Crippen LogP contribution in [-0.4, -0.2) is 34.9 Å². The molecule has 0 radical (unpaired) electrons. The minimum absolute atomic E-state index is 0.0556. The summed E-state index contributed by atoms with van der Waals surface area (Å²) in [6.45, 7) is 3.47. The average Bonchev–Trinajstić information content (AvgIpc) is 2.33. The van der Waals surface area contributed by atoms with Crippen LogP contribution >= 0.6 is 11.6 Å². The van der Waals surface area contributed by atoms with Crippen molar-refractivity contribution in [2.75, 3.05) is 13.1 Å². The molecule has 0 spiro atoms. The summed E-state index contributed by atoms with van der Waals surface area (Å²) in [6.07, 6.45) is 2.43. The number of hydrogen-bond acceptors (Lipinski definition) is 3. The van der Waals surface area contributed by atoms with Gasteiger partial charge in [-0.15, -0.1) is 0 Å². The Kier molecular flexibility index (Phi) is 3.64. The van der Waals surface area contributed by atoms with Gasteiger partial charge in [0, 0.05) is 25.3 Å². The molecule has 1 aliphatic rings. The standard InChI is InChI=1S/C12H16ClN3O/c1-8-4-5-16(7-10(8)14)12(17)11-3-2-9(13)6-15-11/h2-3,6,8,10H,4-5,7,14H2,1H3. The Morgan fingerprint density at radius 2 is 2.35 bits per heavy atom. The van der Waals surface area contributed by atoms with E-state index < -0.39 is 0 Å². The Morgan fingerprint density at radius 1 is 1.59 bits per heavy atom. The molecule has 2 atom stereocenters. The van der Waals surface area contributed by atoms with Crippen molar-refractivity contribution >= 4 is 17.5 Å². The number of amides is 1. The Hall–Kier alpha value is -1.13. The lowest BCUT2D eigenvalue weighted by Crippen LogP contribution is -2.49. The van der Waals surface area contributed by atoms with Gasteiger partial charge in [-0.2, -0.15) is 0 Å². The molecule has 0 saturated carbocycles. The van der Waals surface area contributed by atoms with Crippen LogP contribution in [0.25, 0.3) is 0 Å². The molecule has 92 valence electrons. The van der Waals surface area contributed by atoms with E-state index >= 15 is 0 Å². The Morgan fingerprint density at radius 3 is 2.94 bits per heavy atom. The summed E-state index contributed by atoms with van der Waals surface area (Å²) in [5.41, 5.74) is 6.40. The molecule has 0 bridgehead atoms. The third-order valence-corrected chi connectivity index (χ3v) is 3.47. The minimum Gasteiger partial charge on any atom is -0.336 e. The molecule has 0 aromatic carbocycles. The van der Waals surface area contributed by atoms with E-state index in [0.29, 0.717) is 23.2 Å². The molecular formula is C12H16ClN3O. The molecule has 2 unspecified atom stereocenters. The summed E-state index contributed by atoms with van der Waals surface area (Å²) in [4.78, 5) is 17.9. The third kappa shape index (κ3) is 2.76. The summed E-state index contributed by atoms with van der Waals surface area (Å²) in [5, 5.41) is 0.533. The number of likely N-dealkylation sites (tertiary alicyclic amines) is 1. The number of nitrogens with zero attached hydrogens (tertiary/aromatic N) is 2. The highest BCUT2D eigenvalue weighted by Gasteiger charge is 2.27. The summed E-state index contributed by atoms with van der Waals surface area (Å²) in [7, 11) is 0. The maximum absolute atomic E-state index is 12.1. The van der Waals surface area contributed by atoms with Crippen LogP contribution in [-0.2, 0) is 0 Å². The maximum atomic E-state index is 12.1. The van der Waals surface area contributed by atoms with Crippen molar-refractivity contribution in [3.8, 4) is 0 Å². The van der Waals surface area contributed by atoms with Crippen molar-refractivity contribution in [2.45, 2.75) is 19.4 Å². The highest BCUT2D eigenvalue weighted by Crippen LogP contribution is 2.17. The zero-order valence-corrected chi connectivity index (χ0v) is 10.5. The van der Waals surface area contributed by atoms with Gasteiger partial charge in [-0.3, -0.25) is 4.79 Å². The van der Waals surface area contributed by atoms with Crippen LogP contribution in [0.3, 0.4) is 0 Å². The van der Waals surface area contributed by atoms with E-state index in [4.69, 9.17) is 17.3 Å². The van der Waals surface area contributed by atoms with Gasteiger partial charge in [0.25, 0.3) is 5.91 Å². The fourth-order valence-corrected chi connectivity index (χ4v) is 2.06. The summed E-state index contributed by atoms with van der Waals surface area (Å²) >= 11 is 5.74. The van der Waals surface area contributed by atoms with Gasteiger partial charge < -0.3 is 10.6 Å². The zero-order valence-electron chi connectivity index (χ0n) is 9.77. The fourth-order valence-electron chi connectivity index (χ4n) is 1.95. The molecule has 1 aliphatic heterocycles. The number of piperidine rings is 1. The maximum Gasteiger partial charge on any atom is 0.272 e. The van der Waals surface area contributed by atoms with Crippen LogP contribution in [0.4, 0.5) is 0 Å². The molecule has 1 aromatic heterocycles. The van der Waals surface area contributed by atoms with Crippen molar-refractivity contribution < 1.29 is 4.79 Å². The lowest BCUT2D eigenvalue weighted by Gasteiger charge is -2.34. The van der Waals surface area contributed by atoms with Gasteiger partial charge in [0.15, 0.2) is 0 Å². The highest BCUT2D eigenvalue weighted by atomic mass is 35.5. The fraction of sp³-hybridized carbons (Fsp3) is 0.500. The SMILES string of the molecule is CC1CCN(C(=O)c2ccc(Cl)cn2)CC1N. The number of rotatable bonds is 1. The van der Waals surface area contributed by atoms with Crippen molar-refractivity contribution in [3.63, 3.8) is 0 Å². The first-order valence-corrected chi connectivity index (χ1v) is 6.12. The van der Waals surface area contributed by atoms with E-state index in [2.05, 4.69) is 11.9 Å². The largest absolute Gasteiger partial charge is 0.336 e. The number of aromatic nitrogens is 1. The smallest absolute Gasteiger partial charge is 0.272 e. The molecule has 2 N–H and O–H groups in total. The van der Waals surface area contributed by atoms with E-state index in [1.807, 2.05) is 0 Å². The van der Waals surface area contributed by atoms with Gasteiger partial charge in [0.2, 0.25) is 0 Å². The van der Waals surface area contributed by atoms with Crippen molar-refractivity contribution in [2.24, 2.45) is 11.7 Å². The van der Waals surface area contributed by atoms with Gasteiger partial charge in [0.1, 0.15) is 5.69 Å². The van der Waals surface area contributed by atoms with E-state index in [0.717, 1.165) is 13.0 Å². The van der Waals surface area contributed by atoms with Gasteiger partial charge in [-0.25, -0.2) is 4.98 Å². The average molecular weight is 254 g/mol. The summed E-state index contributed by atoms with van der Waals surface area (Å²) < 4.78 is 0. The first-order valence-electron chi connectivity index (χ1n) is 5.74. The lowest BCUT2D eigenvalue weighted by molar-refractivity contribution is 0.0666. The molecule has 1 aromatic rings. The number of pyridine rings is 1. The number of halogens is 1. The Bertz CT molecular complexity index is 407. The summed E-state index contributed by atoms with van der Waals surface area (Å²) in [5.74, 6) is 0.404. The summed E-state index contributed by atoms with van der Waals surface area (Å²) in [6, 6.07) is 3.38. The van der Waals surface area contributed by atoms with Crippen LogP contribution in [0, 0.1) is 5.92 Å². The molecule has 0 aliphatic carbocycles. The van der Waals surface area contributed by atoms with Crippen LogP contribution in [0.15, 0.2) is 18.3 Å². The predicted octanol–water partition coefficient (Wildman–Crippen LogP) is 1.54. The monoisotopic (exact) mass is 253 g/mol. The number of carbonyl (C=O) groups is 1. The second-order valence-electron chi connectivity index (χ2n) is 4.54. The zero-order chi connectivity index (χ0) is 12.4. The minimum atomic E-state index is -0.0657. The lowest BCUT2D eigenvalue weighted by atomic mass is 9.94. The van der Waals surface area contributed by atoms with Crippen LogP contribution < -0.4 is 5.73 Å². The molecule has 1 fully saturated rings. The molecule has 4 nitrogen and oxygen atoms in total. The van der Waals surface area contributed by atoms with E-state index in [1.165, 1.54) is 6.20 Å². The molecule has 17 heavy (non-hydrogen) atoms. The van der Waals surface area contributed by atoms with E-state index in [9.17, 15) is 4.79 Å². The second kappa shape index (κ2) is 5.02. The third-order valence-electron chi connectivity index (χ3n) is 3.25. The molecule has 1 amide bonds. The van der Waals surface area contributed by atoms with Crippen LogP contribution in [0.5, 0.6) is 0 Å². The quantitative estimate of drug-likeness (QED) is 0.826. The molecule has 2 rings (SSSR count). The van der Waals surface area contributed by atoms with E-state index in [1.54, 1.807) is 17.0 Å². The van der Waals surface area contributed by atoms with Crippen molar-refractivity contribution in [1.82, 2.24) is 9.88 Å².